The standard InChI is InChI=1S/C31H39N3O4/c1-31(2,32)17-8-13-29(36)33-27(22-23-14-15-24-9-4-5-11-26(24)21-23)30(37)34(3)18-16-25-10-6-7-12-28(25)38-20-19-35/h4-15,21,27,35H,16-20,22,32H2,1-3H3,(H,33,36)/t27-/m1/s1. The number of amides is 2. The molecule has 0 aliphatic rings. The van der Waals surface area contributed by atoms with Crippen molar-refractivity contribution >= 4 is 22.6 Å². The number of aliphatic hydroxyl groups excluding tert-OH is 1. The van der Waals surface area contributed by atoms with Crippen LogP contribution >= 0.6 is 0 Å². The molecule has 0 radical (unpaired) electrons. The lowest BCUT2D eigenvalue weighted by Crippen LogP contribution is -2.48. The number of ether oxygens (including phenoxy) is 1. The Balaban J connectivity index is 1.74. The molecule has 4 N–H and O–H groups in total. The highest BCUT2D eigenvalue weighted by Gasteiger charge is 2.24. The van der Waals surface area contributed by atoms with E-state index in [2.05, 4.69) is 11.4 Å². The zero-order valence-corrected chi connectivity index (χ0v) is 22.5. The highest BCUT2D eigenvalue weighted by atomic mass is 16.5. The molecule has 0 bridgehead atoms. The van der Waals surface area contributed by atoms with Gasteiger partial charge in [-0.05, 0) is 60.7 Å². The van der Waals surface area contributed by atoms with Crippen LogP contribution in [-0.2, 0) is 22.4 Å². The number of aliphatic hydroxyl groups is 1. The zero-order valence-electron chi connectivity index (χ0n) is 22.5. The van der Waals surface area contributed by atoms with Crippen LogP contribution in [0.25, 0.3) is 10.8 Å². The van der Waals surface area contributed by atoms with E-state index in [4.69, 9.17) is 15.6 Å². The van der Waals surface area contributed by atoms with Crippen molar-refractivity contribution in [3.63, 3.8) is 0 Å². The molecule has 0 aliphatic heterocycles. The maximum atomic E-state index is 13.6. The van der Waals surface area contributed by atoms with Gasteiger partial charge in [-0.1, -0.05) is 66.7 Å². The van der Waals surface area contributed by atoms with Crippen molar-refractivity contribution in [2.45, 2.75) is 44.7 Å². The molecule has 38 heavy (non-hydrogen) atoms. The molecule has 0 saturated heterocycles. The number of hydrogen-bond donors (Lipinski definition) is 3. The Morgan fingerprint density at radius 3 is 2.53 bits per heavy atom. The predicted octanol–water partition coefficient (Wildman–Crippen LogP) is 3.62. The molecular weight excluding hydrogens is 478 g/mol. The van der Waals surface area contributed by atoms with E-state index >= 15 is 0 Å². The van der Waals surface area contributed by atoms with E-state index < -0.39 is 11.6 Å². The largest absolute Gasteiger partial charge is 0.491 e. The molecule has 3 aromatic rings. The van der Waals surface area contributed by atoms with Crippen molar-refractivity contribution in [1.82, 2.24) is 10.2 Å². The monoisotopic (exact) mass is 517 g/mol. The smallest absolute Gasteiger partial charge is 0.245 e. The van der Waals surface area contributed by atoms with E-state index in [-0.39, 0.29) is 25.0 Å². The molecule has 2 amide bonds. The van der Waals surface area contributed by atoms with Crippen LogP contribution in [0.2, 0.25) is 0 Å². The van der Waals surface area contributed by atoms with Gasteiger partial charge in [0, 0.05) is 25.6 Å². The molecule has 202 valence electrons. The summed E-state index contributed by atoms with van der Waals surface area (Å²) in [5.74, 6) is 0.189. The first kappa shape index (κ1) is 28.9. The quantitative estimate of drug-likeness (QED) is 0.301. The maximum absolute atomic E-state index is 13.6. The lowest BCUT2D eigenvalue weighted by Gasteiger charge is -2.25. The van der Waals surface area contributed by atoms with Gasteiger partial charge in [-0.3, -0.25) is 9.59 Å². The number of nitrogens with two attached hydrogens (primary N) is 1. The van der Waals surface area contributed by atoms with E-state index in [1.54, 1.807) is 18.0 Å². The minimum absolute atomic E-state index is 0.0693. The summed E-state index contributed by atoms with van der Waals surface area (Å²) in [6.07, 6.45) is 4.67. The minimum Gasteiger partial charge on any atom is -0.491 e. The number of nitrogens with zero attached hydrogens (tertiary/aromatic N) is 1. The fourth-order valence-electron chi connectivity index (χ4n) is 4.16. The first-order chi connectivity index (χ1) is 18.2. The molecule has 0 saturated carbocycles. The number of hydrogen-bond acceptors (Lipinski definition) is 5. The Bertz CT molecular complexity index is 1250. The van der Waals surface area contributed by atoms with Crippen LogP contribution in [0.3, 0.4) is 0 Å². The van der Waals surface area contributed by atoms with Crippen LogP contribution in [0.4, 0.5) is 0 Å². The lowest BCUT2D eigenvalue weighted by atomic mass is 10.0. The first-order valence-corrected chi connectivity index (χ1v) is 13.0. The summed E-state index contributed by atoms with van der Waals surface area (Å²) in [6, 6.07) is 21.0. The van der Waals surface area contributed by atoms with Gasteiger partial charge in [-0.15, -0.1) is 0 Å². The fraction of sp³-hybridized carbons (Fsp3) is 0.355. The van der Waals surface area contributed by atoms with Crippen molar-refractivity contribution in [2.24, 2.45) is 5.73 Å². The molecule has 7 heteroatoms. The van der Waals surface area contributed by atoms with Crippen molar-refractivity contribution in [3.05, 3.63) is 90.0 Å². The van der Waals surface area contributed by atoms with Crippen molar-refractivity contribution < 1.29 is 19.4 Å². The molecule has 3 aromatic carbocycles. The molecule has 7 nitrogen and oxygen atoms in total. The molecule has 1 atom stereocenters. The van der Waals surface area contributed by atoms with Crippen LogP contribution in [0.5, 0.6) is 5.75 Å². The van der Waals surface area contributed by atoms with Crippen LogP contribution in [0, 0.1) is 0 Å². The number of carbonyl (C=O) groups excluding carboxylic acids is 2. The van der Waals surface area contributed by atoms with E-state index in [1.807, 2.05) is 74.5 Å². The maximum Gasteiger partial charge on any atom is 0.245 e. The number of para-hydroxylation sites is 1. The molecule has 3 rings (SSSR count). The minimum atomic E-state index is -0.731. The summed E-state index contributed by atoms with van der Waals surface area (Å²) in [7, 11) is 1.74. The molecule has 0 spiro atoms. The van der Waals surface area contributed by atoms with Gasteiger partial charge in [0.25, 0.3) is 0 Å². The number of likely N-dealkylation sites (N-methyl/N-ethyl adjacent to an activating group) is 1. The number of fused-ring (bicyclic) bond motifs is 1. The van der Waals surface area contributed by atoms with Gasteiger partial charge in [-0.2, -0.15) is 0 Å². The summed E-state index contributed by atoms with van der Waals surface area (Å²) in [4.78, 5) is 27.9. The summed E-state index contributed by atoms with van der Waals surface area (Å²) in [5.41, 5.74) is 7.50. The summed E-state index contributed by atoms with van der Waals surface area (Å²) in [5, 5.41) is 14.2. The van der Waals surface area contributed by atoms with Gasteiger partial charge in [-0.25, -0.2) is 0 Å². The van der Waals surface area contributed by atoms with Gasteiger partial charge in [0.1, 0.15) is 18.4 Å². The summed E-state index contributed by atoms with van der Waals surface area (Å²) < 4.78 is 5.63. The predicted molar refractivity (Wildman–Crippen MR) is 152 cm³/mol. The second-order valence-electron chi connectivity index (χ2n) is 10.2. The Hall–Kier alpha value is -3.68. The Kier molecular flexibility index (Phi) is 10.4. The Morgan fingerprint density at radius 2 is 1.79 bits per heavy atom. The molecule has 0 unspecified atom stereocenters. The number of nitrogens with one attached hydrogen (secondary N) is 1. The summed E-state index contributed by atoms with van der Waals surface area (Å²) in [6.45, 7) is 4.37. The van der Waals surface area contributed by atoms with Crippen molar-refractivity contribution in [3.8, 4) is 5.75 Å². The van der Waals surface area contributed by atoms with Crippen LogP contribution in [-0.4, -0.2) is 60.2 Å². The third kappa shape index (κ3) is 9.01. The number of rotatable bonds is 13. The first-order valence-electron chi connectivity index (χ1n) is 13.0. The second-order valence-corrected chi connectivity index (χ2v) is 10.2. The van der Waals surface area contributed by atoms with Gasteiger partial charge in [0.05, 0.1) is 6.61 Å². The van der Waals surface area contributed by atoms with Gasteiger partial charge < -0.3 is 25.8 Å². The SMILES string of the molecule is CN(CCc1ccccc1OCCO)C(=O)[C@@H](Cc1ccc2ccccc2c1)NC(=O)C=CCC(C)(C)N. The molecule has 0 aliphatic carbocycles. The lowest BCUT2D eigenvalue weighted by molar-refractivity contribution is -0.134. The highest BCUT2D eigenvalue weighted by Crippen LogP contribution is 2.20. The molecule has 0 fully saturated rings. The van der Waals surface area contributed by atoms with E-state index in [1.165, 1.54) is 6.08 Å². The summed E-state index contributed by atoms with van der Waals surface area (Å²) >= 11 is 0. The molecule has 0 heterocycles. The van der Waals surface area contributed by atoms with E-state index in [0.29, 0.717) is 31.6 Å². The Labute approximate surface area is 225 Å². The van der Waals surface area contributed by atoms with Crippen molar-refractivity contribution in [1.29, 1.82) is 0 Å². The van der Waals surface area contributed by atoms with Gasteiger partial charge in [0.15, 0.2) is 0 Å². The average Bonchev–Trinajstić information content (AvgIpc) is 2.89. The van der Waals surface area contributed by atoms with E-state index in [9.17, 15) is 9.59 Å². The Morgan fingerprint density at radius 1 is 1.08 bits per heavy atom. The molecule has 0 aromatic heterocycles. The third-order valence-corrected chi connectivity index (χ3v) is 6.20. The normalized spacial score (nSPS) is 12.4. The van der Waals surface area contributed by atoms with Crippen LogP contribution in [0.15, 0.2) is 78.9 Å². The number of carbonyl (C=O) groups is 2. The van der Waals surface area contributed by atoms with Crippen LogP contribution in [0.1, 0.15) is 31.4 Å². The number of benzene rings is 3. The van der Waals surface area contributed by atoms with Gasteiger partial charge >= 0.3 is 0 Å². The zero-order chi connectivity index (χ0) is 27.5. The topological polar surface area (TPSA) is 105 Å². The molecular formula is C31H39N3O4. The van der Waals surface area contributed by atoms with Crippen molar-refractivity contribution in [2.75, 3.05) is 26.8 Å². The highest BCUT2D eigenvalue weighted by molar-refractivity contribution is 5.93. The van der Waals surface area contributed by atoms with Crippen LogP contribution < -0.4 is 15.8 Å². The third-order valence-electron chi connectivity index (χ3n) is 6.20. The van der Waals surface area contributed by atoms with Gasteiger partial charge in [0.2, 0.25) is 11.8 Å². The second kappa shape index (κ2) is 13.7. The van der Waals surface area contributed by atoms with E-state index in [0.717, 1.165) is 21.9 Å². The fourth-order valence-corrected chi connectivity index (χ4v) is 4.16. The average molecular weight is 518 g/mol.